The number of carbonyl (C=O) groups excluding carboxylic acids is 1. The molecule has 0 unspecified atom stereocenters. The maximum absolute atomic E-state index is 11.2. The van der Waals surface area contributed by atoms with Crippen LogP contribution < -0.4 is 11.1 Å². The van der Waals surface area contributed by atoms with Gasteiger partial charge in [-0.05, 0) is 30.4 Å². The van der Waals surface area contributed by atoms with Crippen LogP contribution in [-0.4, -0.2) is 19.0 Å². The van der Waals surface area contributed by atoms with Crippen LogP contribution in [-0.2, 0) is 4.79 Å². The van der Waals surface area contributed by atoms with Crippen molar-refractivity contribution in [2.24, 2.45) is 11.7 Å². The molecule has 0 radical (unpaired) electrons. The van der Waals surface area contributed by atoms with E-state index < -0.39 is 0 Å². The van der Waals surface area contributed by atoms with E-state index in [1.165, 1.54) is 11.1 Å². The lowest BCUT2D eigenvalue weighted by Gasteiger charge is -2.29. The zero-order valence-corrected chi connectivity index (χ0v) is 9.57. The summed E-state index contributed by atoms with van der Waals surface area (Å²) in [4.78, 5) is 11.2. The van der Waals surface area contributed by atoms with E-state index in [0.717, 1.165) is 19.5 Å². The molecule has 3 N–H and O–H groups in total. The quantitative estimate of drug-likeness (QED) is 0.783. The number of rotatable bonds is 2. The predicted octanol–water partition coefficient (Wildman–Crippen LogP) is 1.17. The number of aryl methyl sites for hydroxylation is 1. The van der Waals surface area contributed by atoms with Crippen molar-refractivity contribution in [1.82, 2.24) is 5.32 Å². The summed E-state index contributed by atoms with van der Waals surface area (Å²) in [6, 6.07) is 8.35. The molecule has 1 aromatic carbocycles. The van der Waals surface area contributed by atoms with Gasteiger partial charge in [-0.25, -0.2) is 0 Å². The minimum absolute atomic E-state index is 0.0293. The van der Waals surface area contributed by atoms with Crippen molar-refractivity contribution in [3.8, 4) is 0 Å². The number of amides is 1. The van der Waals surface area contributed by atoms with E-state index >= 15 is 0 Å². The first kappa shape index (κ1) is 11.1. The van der Waals surface area contributed by atoms with Crippen molar-refractivity contribution in [3.05, 3.63) is 35.4 Å². The maximum Gasteiger partial charge on any atom is 0.221 e. The highest BCUT2D eigenvalue weighted by Gasteiger charge is 2.26. The second-order valence-corrected chi connectivity index (χ2v) is 4.55. The highest BCUT2D eigenvalue weighted by molar-refractivity contribution is 5.77. The third kappa shape index (κ3) is 2.25. The van der Waals surface area contributed by atoms with Crippen molar-refractivity contribution in [3.63, 3.8) is 0 Å². The zero-order valence-electron chi connectivity index (χ0n) is 9.57. The third-order valence-electron chi connectivity index (χ3n) is 3.38. The second kappa shape index (κ2) is 4.66. The average Bonchev–Trinajstić information content (AvgIpc) is 2.30. The molecule has 0 aliphatic carbocycles. The first-order chi connectivity index (χ1) is 7.68. The van der Waals surface area contributed by atoms with Gasteiger partial charge in [0.05, 0.1) is 5.92 Å². The SMILES string of the molecule is Cc1ccccc1[C@H]1CNC[C@@H](C(N)=O)C1. The molecule has 0 bridgehead atoms. The summed E-state index contributed by atoms with van der Waals surface area (Å²) in [5, 5.41) is 3.29. The van der Waals surface area contributed by atoms with E-state index in [-0.39, 0.29) is 11.8 Å². The Morgan fingerprint density at radius 1 is 1.38 bits per heavy atom. The standard InChI is InChI=1S/C13H18N2O/c1-9-4-2-3-5-12(9)10-6-11(13(14)16)8-15-7-10/h2-5,10-11,15H,6-8H2,1H3,(H2,14,16)/t10-,11+/m1/s1. The molecule has 0 aromatic heterocycles. The predicted molar refractivity (Wildman–Crippen MR) is 64.1 cm³/mol. The van der Waals surface area contributed by atoms with Gasteiger partial charge in [-0.15, -0.1) is 0 Å². The Hall–Kier alpha value is -1.35. The molecule has 2 atom stereocenters. The number of carbonyl (C=O) groups is 1. The second-order valence-electron chi connectivity index (χ2n) is 4.55. The third-order valence-corrected chi connectivity index (χ3v) is 3.38. The van der Waals surface area contributed by atoms with Gasteiger partial charge in [0, 0.05) is 13.1 Å². The number of nitrogens with one attached hydrogen (secondary N) is 1. The fourth-order valence-electron chi connectivity index (χ4n) is 2.44. The summed E-state index contributed by atoms with van der Waals surface area (Å²) in [7, 11) is 0. The Morgan fingerprint density at radius 3 is 2.81 bits per heavy atom. The number of hydrogen-bond donors (Lipinski definition) is 2. The van der Waals surface area contributed by atoms with Crippen LogP contribution in [0.15, 0.2) is 24.3 Å². The monoisotopic (exact) mass is 218 g/mol. The number of benzene rings is 1. The molecule has 3 nitrogen and oxygen atoms in total. The van der Waals surface area contributed by atoms with E-state index in [1.807, 2.05) is 6.07 Å². The van der Waals surface area contributed by atoms with Gasteiger partial charge in [-0.2, -0.15) is 0 Å². The summed E-state index contributed by atoms with van der Waals surface area (Å²) in [5.41, 5.74) is 7.99. The molecule has 2 rings (SSSR count). The van der Waals surface area contributed by atoms with Gasteiger partial charge in [-0.1, -0.05) is 24.3 Å². The van der Waals surface area contributed by atoms with Gasteiger partial charge in [0.15, 0.2) is 0 Å². The Balaban J connectivity index is 2.16. The minimum Gasteiger partial charge on any atom is -0.369 e. The molecule has 3 heteroatoms. The lowest BCUT2D eigenvalue weighted by atomic mass is 9.83. The molecular weight excluding hydrogens is 200 g/mol. The van der Waals surface area contributed by atoms with E-state index in [0.29, 0.717) is 5.92 Å². The smallest absolute Gasteiger partial charge is 0.221 e. The Kier molecular flexibility index (Phi) is 3.25. The Labute approximate surface area is 96.0 Å². The van der Waals surface area contributed by atoms with E-state index in [2.05, 4.69) is 30.4 Å². The molecule has 1 saturated heterocycles. The summed E-state index contributed by atoms with van der Waals surface area (Å²) >= 11 is 0. The molecular formula is C13H18N2O. The first-order valence-electron chi connectivity index (χ1n) is 5.74. The molecule has 1 aliphatic heterocycles. The largest absolute Gasteiger partial charge is 0.369 e. The topological polar surface area (TPSA) is 55.1 Å². The fourth-order valence-corrected chi connectivity index (χ4v) is 2.44. The lowest BCUT2D eigenvalue weighted by Crippen LogP contribution is -2.41. The van der Waals surface area contributed by atoms with Crippen molar-refractivity contribution in [2.75, 3.05) is 13.1 Å². The number of hydrogen-bond acceptors (Lipinski definition) is 2. The highest BCUT2D eigenvalue weighted by Crippen LogP contribution is 2.28. The summed E-state index contributed by atoms with van der Waals surface area (Å²) in [5.74, 6) is 0.191. The summed E-state index contributed by atoms with van der Waals surface area (Å²) < 4.78 is 0. The number of primary amides is 1. The van der Waals surface area contributed by atoms with Gasteiger partial charge in [0.2, 0.25) is 5.91 Å². The van der Waals surface area contributed by atoms with Crippen LogP contribution in [0.3, 0.4) is 0 Å². The van der Waals surface area contributed by atoms with Crippen molar-refractivity contribution in [1.29, 1.82) is 0 Å². The number of nitrogens with two attached hydrogens (primary N) is 1. The molecule has 1 aromatic rings. The first-order valence-corrected chi connectivity index (χ1v) is 5.74. The van der Waals surface area contributed by atoms with Gasteiger partial charge < -0.3 is 11.1 Å². The Morgan fingerprint density at radius 2 is 2.12 bits per heavy atom. The summed E-state index contributed by atoms with van der Waals surface area (Å²) in [6.45, 7) is 3.77. The molecule has 0 spiro atoms. The van der Waals surface area contributed by atoms with Gasteiger partial charge in [-0.3, -0.25) is 4.79 Å². The number of piperidine rings is 1. The molecule has 0 saturated carbocycles. The molecule has 1 aliphatic rings. The summed E-state index contributed by atoms with van der Waals surface area (Å²) in [6.07, 6.45) is 0.868. The highest BCUT2D eigenvalue weighted by atomic mass is 16.1. The molecule has 16 heavy (non-hydrogen) atoms. The molecule has 86 valence electrons. The normalized spacial score (nSPS) is 25.3. The van der Waals surface area contributed by atoms with Crippen LogP contribution >= 0.6 is 0 Å². The van der Waals surface area contributed by atoms with Crippen molar-refractivity contribution in [2.45, 2.75) is 19.3 Å². The van der Waals surface area contributed by atoms with Crippen LogP contribution in [0.5, 0.6) is 0 Å². The van der Waals surface area contributed by atoms with E-state index in [4.69, 9.17) is 5.73 Å². The Bertz CT molecular complexity index is 389. The van der Waals surface area contributed by atoms with Crippen LogP contribution in [0.25, 0.3) is 0 Å². The van der Waals surface area contributed by atoms with Gasteiger partial charge in [0.1, 0.15) is 0 Å². The van der Waals surface area contributed by atoms with Crippen LogP contribution in [0.4, 0.5) is 0 Å². The van der Waals surface area contributed by atoms with Crippen LogP contribution in [0.1, 0.15) is 23.5 Å². The van der Waals surface area contributed by atoms with E-state index in [9.17, 15) is 4.79 Å². The lowest BCUT2D eigenvalue weighted by molar-refractivity contribution is -0.122. The minimum atomic E-state index is -0.189. The van der Waals surface area contributed by atoms with Crippen LogP contribution in [0.2, 0.25) is 0 Å². The van der Waals surface area contributed by atoms with Gasteiger partial charge in [0.25, 0.3) is 0 Å². The average molecular weight is 218 g/mol. The van der Waals surface area contributed by atoms with E-state index in [1.54, 1.807) is 0 Å². The molecule has 1 heterocycles. The zero-order chi connectivity index (χ0) is 11.5. The van der Waals surface area contributed by atoms with Crippen molar-refractivity contribution < 1.29 is 4.79 Å². The molecule has 1 amide bonds. The van der Waals surface area contributed by atoms with Gasteiger partial charge >= 0.3 is 0 Å². The van der Waals surface area contributed by atoms with Crippen LogP contribution in [0, 0.1) is 12.8 Å². The van der Waals surface area contributed by atoms with Crippen molar-refractivity contribution >= 4 is 5.91 Å². The fraction of sp³-hybridized carbons (Fsp3) is 0.462. The maximum atomic E-state index is 11.2. The molecule has 1 fully saturated rings.